The van der Waals surface area contributed by atoms with Crippen LogP contribution in [0.15, 0.2) is 18.2 Å². The van der Waals surface area contributed by atoms with Gasteiger partial charge in [0.05, 0.1) is 12.0 Å². The molecular weight excluding hydrogens is 233 g/mol. The van der Waals surface area contributed by atoms with E-state index in [0.29, 0.717) is 11.6 Å². The molecule has 2 N–H and O–H groups in total. The number of rotatable bonds is 5. The summed E-state index contributed by atoms with van der Waals surface area (Å²) in [6, 6.07) is 5.71. The Labute approximate surface area is 100 Å². The molecule has 0 amide bonds. The summed E-state index contributed by atoms with van der Waals surface area (Å²) in [5.74, 6) is 0.231. The van der Waals surface area contributed by atoms with Crippen molar-refractivity contribution in [3.05, 3.63) is 28.8 Å². The van der Waals surface area contributed by atoms with E-state index in [1.807, 2.05) is 18.2 Å². The molecule has 0 heterocycles. The Morgan fingerprint density at radius 1 is 1.47 bits per heavy atom. The zero-order valence-electron chi connectivity index (χ0n) is 8.63. The van der Waals surface area contributed by atoms with Crippen LogP contribution in [0.1, 0.15) is 12.5 Å². The first-order valence-electron chi connectivity index (χ1n) is 4.93. The molecule has 1 unspecified atom stereocenters. The lowest BCUT2D eigenvalue weighted by Gasteiger charge is -2.13. The number of benzene rings is 1. The van der Waals surface area contributed by atoms with Crippen LogP contribution < -0.4 is 5.32 Å². The second kappa shape index (κ2) is 6.21. The summed E-state index contributed by atoms with van der Waals surface area (Å²) in [6.45, 7) is 2.52. The van der Waals surface area contributed by atoms with Crippen molar-refractivity contribution in [3.8, 4) is 0 Å². The largest absolute Gasteiger partial charge is 0.390 e. The van der Waals surface area contributed by atoms with Gasteiger partial charge in [0.1, 0.15) is 0 Å². The molecule has 15 heavy (non-hydrogen) atoms. The average Bonchev–Trinajstić information content (AvgIpc) is 2.26. The Morgan fingerprint density at radius 3 is 2.80 bits per heavy atom. The van der Waals surface area contributed by atoms with Crippen molar-refractivity contribution in [2.24, 2.45) is 0 Å². The van der Waals surface area contributed by atoms with E-state index in [4.69, 9.17) is 23.2 Å². The number of halogens is 2. The fourth-order valence-corrected chi connectivity index (χ4v) is 1.59. The summed E-state index contributed by atoms with van der Waals surface area (Å²) in [5.41, 5.74) is 2.15. The van der Waals surface area contributed by atoms with Gasteiger partial charge in [-0.3, -0.25) is 0 Å². The minimum Gasteiger partial charge on any atom is -0.390 e. The van der Waals surface area contributed by atoms with Gasteiger partial charge in [-0.25, -0.2) is 0 Å². The van der Waals surface area contributed by atoms with E-state index in [1.165, 1.54) is 5.56 Å². The van der Waals surface area contributed by atoms with E-state index in [0.717, 1.165) is 12.1 Å². The van der Waals surface area contributed by atoms with Crippen LogP contribution in [0.25, 0.3) is 0 Å². The van der Waals surface area contributed by atoms with Gasteiger partial charge in [0.15, 0.2) is 0 Å². The van der Waals surface area contributed by atoms with Crippen molar-refractivity contribution in [1.29, 1.82) is 0 Å². The predicted octanol–water partition coefficient (Wildman–Crippen LogP) is 2.91. The summed E-state index contributed by atoms with van der Waals surface area (Å²) < 4.78 is 0. The lowest BCUT2D eigenvalue weighted by molar-refractivity contribution is 0.211. The summed E-state index contributed by atoms with van der Waals surface area (Å²) >= 11 is 11.4. The molecule has 0 aliphatic carbocycles. The zero-order chi connectivity index (χ0) is 11.3. The molecule has 0 radical (unpaired) electrons. The van der Waals surface area contributed by atoms with Gasteiger partial charge >= 0.3 is 0 Å². The number of aliphatic hydroxyl groups excluding tert-OH is 1. The van der Waals surface area contributed by atoms with E-state index >= 15 is 0 Å². The Hall–Kier alpha value is -0.440. The maximum Gasteiger partial charge on any atom is 0.0847 e. The molecule has 0 fully saturated rings. The van der Waals surface area contributed by atoms with E-state index in [9.17, 15) is 5.11 Å². The van der Waals surface area contributed by atoms with Gasteiger partial charge in [-0.1, -0.05) is 24.6 Å². The third-order valence-corrected chi connectivity index (χ3v) is 2.75. The van der Waals surface area contributed by atoms with Crippen LogP contribution in [-0.2, 0) is 6.42 Å². The highest BCUT2D eigenvalue weighted by atomic mass is 35.5. The van der Waals surface area contributed by atoms with Crippen LogP contribution in [0.4, 0.5) is 5.69 Å². The molecular formula is C11H15Cl2NO. The molecule has 1 aromatic carbocycles. The maximum absolute atomic E-state index is 9.32. The van der Waals surface area contributed by atoms with Crippen molar-refractivity contribution in [1.82, 2.24) is 0 Å². The Kier molecular flexibility index (Phi) is 5.23. The van der Waals surface area contributed by atoms with Crippen LogP contribution in [0.5, 0.6) is 0 Å². The molecule has 1 atom stereocenters. The van der Waals surface area contributed by atoms with Gasteiger partial charge in [-0.15, -0.1) is 11.6 Å². The highest BCUT2D eigenvalue weighted by Crippen LogP contribution is 2.21. The van der Waals surface area contributed by atoms with Crippen LogP contribution in [0, 0.1) is 0 Å². The fraction of sp³-hybridized carbons (Fsp3) is 0.455. The second-order valence-corrected chi connectivity index (χ2v) is 4.09. The van der Waals surface area contributed by atoms with Crippen molar-refractivity contribution >= 4 is 28.9 Å². The minimum atomic E-state index is -0.532. The van der Waals surface area contributed by atoms with E-state index in [2.05, 4.69) is 12.2 Å². The summed E-state index contributed by atoms with van der Waals surface area (Å²) in [7, 11) is 0. The average molecular weight is 248 g/mol. The molecule has 1 rings (SSSR count). The first-order valence-corrected chi connectivity index (χ1v) is 5.85. The number of anilines is 1. The van der Waals surface area contributed by atoms with Crippen LogP contribution in [0.3, 0.4) is 0 Å². The molecule has 0 aliphatic rings. The van der Waals surface area contributed by atoms with Gasteiger partial charge in [-0.05, 0) is 24.1 Å². The Morgan fingerprint density at radius 2 is 2.20 bits per heavy atom. The molecule has 1 aromatic rings. The second-order valence-electron chi connectivity index (χ2n) is 3.34. The van der Waals surface area contributed by atoms with E-state index in [-0.39, 0.29) is 5.88 Å². The highest BCUT2D eigenvalue weighted by Gasteiger charge is 2.05. The van der Waals surface area contributed by atoms with Crippen molar-refractivity contribution < 1.29 is 5.11 Å². The first-order chi connectivity index (χ1) is 7.17. The van der Waals surface area contributed by atoms with Crippen molar-refractivity contribution in [3.63, 3.8) is 0 Å². The summed E-state index contributed by atoms with van der Waals surface area (Å²) in [6.07, 6.45) is 0.395. The topological polar surface area (TPSA) is 32.3 Å². The molecule has 0 spiro atoms. The maximum atomic E-state index is 9.32. The Bertz CT molecular complexity index is 317. The highest BCUT2D eigenvalue weighted by molar-refractivity contribution is 6.30. The molecule has 2 nitrogen and oxygen atoms in total. The monoisotopic (exact) mass is 247 g/mol. The number of nitrogens with one attached hydrogen (secondary N) is 1. The zero-order valence-corrected chi connectivity index (χ0v) is 10.1. The van der Waals surface area contributed by atoms with Gasteiger partial charge < -0.3 is 10.4 Å². The number of aliphatic hydroxyl groups is 1. The number of alkyl halides is 1. The van der Waals surface area contributed by atoms with Crippen molar-refractivity contribution in [2.45, 2.75) is 19.4 Å². The predicted molar refractivity (Wildman–Crippen MR) is 66.0 cm³/mol. The lowest BCUT2D eigenvalue weighted by atomic mass is 10.1. The first kappa shape index (κ1) is 12.6. The van der Waals surface area contributed by atoms with Crippen LogP contribution >= 0.6 is 23.2 Å². The Balaban J connectivity index is 2.69. The molecule has 0 saturated heterocycles. The number of hydrogen-bond donors (Lipinski definition) is 2. The fourth-order valence-electron chi connectivity index (χ4n) is 1.30. The minimum absolute atomic E-state index is 0.231. The van der Waals surface area contributed by atoms with Gasteiger partial charge in [0, 0.05) is 17.3 Å². The van der Waals surface area contributed by atoms with E-state index in [1.54, 1.807) is 0 Å². The number of hydrogen-bond acceptors (Lipinski definition) is 2. The molecule has 4 heteroatoms. The van der Waals surface area contributed by atoms with Crippen LogP contribution in [-0.4, -0.2) is 23.6 Å². The third-order valence-electron chi connectivity index (χ3n) is 2.16. The SMILES string of the molecule is CCc1ccc(Cl)cc1NCC(O)CCl. The normalized spacial score (nSPS) is 12.5. The smallest absolute Gasteiger partial charge is 0.0847 e. The standard InChI is InChI=1S/C11H15Cl2NO/c1-2-8-3-4-9(13)5-11(8)14-7-10(15)6-12/h3-5,10,14-15H,2,6-7H2,1H3. The van der Waals surface area contributed by atoms with Gasteiger partial charge in [0.2, 0.25) is 0 Å². The molecule has 84 valence electrons. The summed E-state index contributed by atoms with van der Waals surface area (Å²) in [4.78, 5) is 0. The molecule has 0 saturated carbocycles. The van der Waals surface area contributed by atoms with Crippen molar-refractivity contribution in [2.75, 3.05) is 17.7 Å². The molecule has 0 aliphatic heterocycles. The quantitative estimate of drug-likeness (QED) is 0.785. The van der Waals surface area contributed by atoms with Gasteiger partial charge in [-0.2, -0.15) is 0 Å². The third kappa shape index (κ3) is 3.90. The molecule has 0 bridgehead atoms. The van der Waals surface area contributed by atoms with E-state index < -0.39 is 6.10 Å². The molecule has 0 aromatic heterocycles. The van der Waals surface area contributed by atoms with Crippen LogP contribution in [0.2, 0.25) is 5.02 Å². The summed E-state index contributed by atoms with van der Waals surface area (Å²) in [5, 5.41) is 13.2. The van der Waals surface area contributed by atoms with Gasteiger partial charge in [0.25, 0.3) is 0 Å². The lowest BCUT2D eigenvalue weighted by Crippen LogP contribution is -2.21. The number of aryl methyl sites for hydroxylation is 1.